The second kappa shape index (κ2) is 4.17. The maximum atomic E-state index is 11.6. The van der Waals surface area contributed by atoms with Crippen LogP contribution in [0.15, 0.2) is 11.6 Å². The summed E-state index contributed by atoms with van der Waals surface area (Å²) in [5.41, 5.74) is -0.116. The van der Waals surface area contributed by atoms with Crippen molar-refractivity contribution in [2.24, 2.45) is 5.92 Å². The zero-order valence-electron chi connectivity index (χ0n) is 9.99. The van der Waals surface area contributed by atoms with Crippen LogP contribution in [-0.4, -0.2) is 16.9 Å². The normalized spacial score (nSPS) is 29.8. The lowest BCUT2D eigenvalue weighted by molar-refractivity contribution is -0.119. The number of hydrogen-bond acceptors (Lipinski definition) is 3. The van der Waals surface area contributed by atoms with Gasteiger partial charge in [-0.2, -0.15) is 0 Å². The number of rotatable bonds is 3. The van der Waals surface area contributed by atoms with E-state index in [0.717, 1.165) is 11.4 Å². The third-order valence-corrected chi connectivity index (χ3v) is 4.31. The van der Waals surface area contributed by atoms with Crippen molar-refractivity contribution in [1.82, 2.24) is 10.3 Å². The molecule has 0 spiro atoms. The Hall–Kier alpha value is -0.900. The molecule has 1 aliphatic heterocycles. The van der Waals surface area contributed by atoms with Gasteiger partial charge in [-0.05, 0) is 12.3 Å². The van der Waals surface area contributed by atoms with Crippen molar-refractivity contribution in [1.29, 1.82) is 0 Å². The Balaban J connectivity index is 2.26. The molecule has 2 unspecified atom stereocenters. The summed E-state index contributed by atoms with van der Waals surface area (Å²) in [5.74, 6) is 0.742. The number of nitrogens with zero attached hydrogens (tertiary/aromatic N) is 1. The van der Waals surface area contributed by atoms with E-state index in [1.54, 1.807) is 11.3 Å². The third-order valence-electron chi connectivity index (χ3n) is 3.26. The summed E-state index contributed by atoms with van der Waals surface area (Å²) >= 11 is 1.65. The number of thiazole rings is 1. The highest BCUT2D eigenvalue weighted by Gasteiger charge is 2.46. The van der Waals surface area contributed by atoms with Crippen molar-refractivity contribution >= 4 is 17.2 Å². The van der Waals surface area contributed by atoms with Crippen LogP contribution in [0.3, 0.4) is 0 Å². The number of nitrogens with one attached hydrogen (secondary N) is 1. The van der Waals surface area contributed by atoms with Gasteiger partial charge in [-0.3, -0.25) is 4.79 Å². The molecule has 1 fully saturated rings. The summed E-state index contributed by atoms with van der Waals surface area (Å²) in [4.78, 5) is 16.0. The van der Waals surface area contributed by atoms with Gasteiger partial charge >= 0.3 is 0 Å². The SMILES string of the molecule is CC(C)CC1NC(=O)CC1(C)c1nccs1. The minimum absolute atomic E-state index is 0.116. The lowest BCUT2D eigenvalue weighted by Gasteiger charge is -2.29. The molecular formula is C12H18N2OS. The highest BCUT2D eigenvalue weighted by atomic mass is 32.1. The Kier molecular flexibility index (Phi) is 3.02. The average molecular weight is 238 g/mol. The summed E-state index contributed by atoms with van der Waals surface area (Å²) < 4.78 is 0. The van der Waals surface area contributed by atoms with Crippen molar-refractivity contribution in [3.8, 4) is 0 Å². The predicted octanol–water partition coefficient (Wildman–Crippen LogP) is 2.34. The first-order chi connectivity index (χ1) is 7.52. The molecule has 16 heavy (non-hydrogen) atoms. The molecule has 1 saturated heterocycles. The van der Waals surface area contributed by atoms with Crippen LogP contribution < -0.4 is 5.32 Å². The van der Waals surface area contributed by atoms with Crippen LogP contribution in [0.25, 0.3) is 0 Å². The smallest absolute Gasteiger partial charge is 0.221 e. The van der Waals surface area contributed by atoms with Gasteiger partial charge in [0.15, 0.2) is 0 Å². The van der Waals surface area contributed by atoms with Gasteiger partial charge < -0.3 is 5.32 Å². The highest BCUT2D eigenvalue weighted by Crippen LogP contribution is 2.39. The van der Waals surface area contributed by atoms with Crippen LogP contribution in [0.5, 0.6) is 0 Å². The van der Waals surface area contributed by atoms with Crippen LogP contribution in [0, 0.1) is 5.92 Å². The molecule has 0 radical (unpaired) electrons. The fourth-order valence-electron chi connectivity index (χ4n) is 2.38. The largest absolute Gasteiger partial charge is 0.352 e. The average Bonchev–Trinajstić information content (AvgIpc) is 2.75. The molecule has 88 valence electrons. The van der Waals surface area contributed by atoms with Gasteiger partial charge in [0, 0.05) is 29.5 Å². The van der Waals surface area contributed by atoms with E-state index in [2.05, 4.69) is 31.1 Å². The minimum atomic E-state index is -0.116. The predicted molar refractivity (Wildman–Crippen MR) is 65.5 cm³/mol. The molecule has 4 heteroatoms. The van der Waals surface area contributed by atoms with Gasteiger partial charge in [-0.15, -0.1) is 11.3 Å². The minimum Gasteiger partial charge on any atom is -0.352 e. The van der Waals surface area contributed by atoms with Crippen molar-refractivity contribution < 1.29 is 4.79 Å². The van der Waals surface area contributed by atoms with Gasteiger partial charge in [0.25, 0.3) is 0 Å². The second-order valence-corrected chi connectivity index (χ2v) is 6.08. The first-order valence-electron chi connectivity index (χ1n) is 5.71. The molecule has 1 amide bonds. The molecule has 0 bridgehead atoms. The molecule has 3 nitrogen and oxygen atoms in total. The summed E-state index contributed by atoms with van der Waals surface area (Å²) in [5, 5.41) is 6.15. The fraction of sp³-hybridized carbons (Fsp3) is 0.667. The Morgan fingerprint density at radius 1 is 1.69 bits per heavy atom. The van der Waals surface area contributed by atoms with Crippen molar-refractivity contribution in [2.75, 3.05) is 0 Å². The topological polar surface area (TPSA) is 42.0 Å². The monoisotopic (exact) mass is 238 g/mol. The van der Waals surface area contributed by atoms with E-state index in [9.17, 15) is 4.79 Å². The molecule has 0 aromatic carbocycles. The van der Waals surface area contributed by atoms with E-state index in [-0.39, 0.29) is 17.4 Å². The molecule has 0 saturated carbocycles. The first-order valence-corrected chi connectivity index (χ1v) is 6.59. The second-order valence-electron chi connectivity index (χ2n) is 5.18. The van der Waals surface area contributed by atoms with E-state index >= 15 is 0 Å². The van der Waals surface area contributed by atoms with E-state index < -0.39 is 0 Å². The quantitative estimate of drug-likeness (QED) is 0.878. The van der Waals surface area contributed by atoms with Crippen LogP contribution in [-0.2, 0) is 10.2 Å². The van der Waals surface area contributed by atoms with E-state index in [1.807, 2.05) is 11.6 Å². The summed E-state index contributed by atoms with van der Waals surface area (Å²) in [6.45, 7) is 6.52. The number of carbonyl (C=O) groups excluding carboxylic acids is 1. The standard InChI is InChI=1S/C12H18N2OS/c1-8(2)6-9-12(3,7-10(15)14-9)11-13-4-5-16-11/h4-5,8-9H,6-7H2,1-3H3,(H,14,15). The summed E-state index contributed by atoms with van der Waals surface area (Å²) in [6, 6.07) is 0.228. The van der Waals surface area contributed by atoms with Crippen molar-refractivity contribution in [2.45, 2.75) is 45.1 Å². The molecule has 2 rings (SSSR count). The lowest BCUT2D eigenvalue weighted by Crippen LogP contribution is -2.39. The van der Waals surface area contributed by atoms with Crippen molar-refractivity contribution in [3.63, 3.8) is 0 Å². The van der Waals surface area contributed by atoms with Crippen LogP contribution in [0.4, 0.5) is 0 Å². The zero-order valence-corrected chi connectivity index (χ0v) is 10.8. The van der Waals surface area contributed by atoms with Crippen LogP contribution in [0.2, 0.25) is 0 Å². The van der Waals surface area contributed by atoms with E-state index in [1.165, 1.54) is 0 Å². The van der Waals surface area contributed by atoms with Crippen molar-refractivity contribution in [3.05, 3.63) is 16.6 Å². The van der Waals surface area contributed by atoms with Gasteiger partial charge in [-0.25, -0.2) is 4.98 Å². The molecule has 1 aliphatic rings. The molecular weight excluding hydrogens is 220 g/mol. The van der Waals surface area contributed by atoms with Crippen LogP contribution in [0.1, 0.15) is 38.6 Å². The van der Waals surface area contributed by atoms with Crippen LogP contribution >= 0.6 is 11.3 Å². The maximum Gasteiger partial charge on any atom is 0.221 e. The molecule has 0 aliphatic carbocycles. The summed E-state index contributed by atoms with van der Waals surface area (Å²) in [7, 11) is 0. The lowest BCUT2D eigenvalue weighted by atomic mass is 9.79. The first kappa shape index (κ1) is 11.6. The maximum absolute atomic E-state index is 11.6. The molecule has 2 heterocycles. The van der Waals surface area contributed by atoms with Gasteiger partial charge in [0.2, 0.25) is 5.91 Å². The molecule has 1 aromatic heterocycles. The Morgan fingerprint density at radius 3 is 3.00 bits per heavy atom. The Morgan fingerprint density at radius 2 is 2.44 bits per heavy atom. The van der Waals surface area contributed by atoms with Gasteiger partial charge in [0.1, 0.15) is 5.01 Å². The molecule has 2 atom stereocenters. The zero-order chi connectivity index (χ0) is 11.8. The Bertz CT molecular complexity index is 374. The van der Waals surface area contributed by atoms with Gasteiger partial charge in [-0.1, -0.05) is 20.8 Å². The number of hydrogen-bond donors (Lipinski definition) is 1. The number of carbonyl (C=O) groups is 1. The Labute approximate surface area is 100 Å². The molecule has 1 aromatic rings. The number of amides is 1. The summed E-state index contributed by atoms with van der Waals surface area (Å²) in [6.07, 6.45) is 3.40. The number of aromatic nitrogens is 1. The fourth-order valence-corrected chi connectivity index (χ4v) is 3.24. The van der Waals surface area contributed by atoms with E-state index in [0.29, 0.717) is 12.3 Å². The third kappa shape index (κ3) is 1.98. The van der Waals surface area contributed by atoms with Gasteiger partial charge in [0.05, 0.1) is 0 Å². The van der Waals surface area contributed by atoms with E-state index in [4.69, 9.17) is 0 Å². The molecule has 1 N–H and O–H groups in total. The highest BCUT2D eigenvalue weighted by molar-refractivity contribution is 7.09.